The molecule has 4 rings (SSSR count). The number of hydrogen-bond donors (Lipinski definition) is 3. The van der Waals surface area contributed by atoms with Crippen molar-refractivity contribution in [3.8, 4) is 22.5 Å². The maximum atomic E-state index is 12.0. The van der Waals surface area contributed by atoms with Gasteiger partial charge in [-0.25, -0.2) is 4.79 Å². The van der Waals surface area contributed by atoms with Crippen molar-refractivity contribution in [2.75, 3.05) is 18.4 Å². The zero-order valence-corrected chi connectivity index (χ0v) is 21.0. The second-order valence-electron chi connectivity index (χ2n) is 8.01. The fraction of sp³-hybridized carbons (Fsp3) is 0.231. The Hall–Kier alpha value is -3.47. The molecule has 0 unspecified atom stereocenters. The van der Waals surface area contributed by atoms with Gasteiger partial charge < -0.3 is 14.8 Å². The SMILES string of the molecule is CCN=c1cc2oc3cc(NCC)c(C)cc3cc-2c(-c2ccccc2C(=O)O)c1C.[O-][Cl+3]([O-])([O-])O. The van der Waals surface area contributed by atoms with Crippen molar-refractivity contribution in [2.45, 2.75) is 27.7 Å². The third kappa shape index (κ3) is 6.20. The Morgan fingerprint density at radius 3 is 2.33 bits per heavy atom. The highest BCUT2D eigenvalue weighted by molar-refractivity contribution is 6.01. The maximum Gasteiger partial charge on any atom is 0.336 e. The van der Waals surface area contributed by atoms with Crippen LogP contribution >= 0.6 is 0 Å². The van der Waals surface area contributed by atoms with Crippen molar-refractivity contribution >= 4 is 22.6 Å². The Bertz CT molecular complexity index is 1440. The largest absolute Gasteiger partial charge is 0.478 e. The van der Waals surface area contributed by atoms with Crippen molar-refractivity contribution in [1.29, 1.82) is 0 Å². The molecule has 2 aromatic rings. The van der Waals surface area contributed by atoms with Gasteiger partial charge in [0.05, 0.1) is 25.8 Å². The van der Waals surface area contributed by atoms with Crippen molar-refractivity contribution < 1.29 is 43.2 Å². The quantitative estimate of drug-likeness (QED) is 0.339. The summed E-state index contributed by atoms with van der Waals surface area (Å²) in [5.41, 5.74) is 6.55. The van der Waals surface area contributed by atoms with Gasteiger partial charge in [0.1, 0.15) is 11.3 Å². The van der Waals surface area contributed by atoms with E-state index in [1.54, 1.807) is 12.1 Å². The van der Waals surface area contributed by atoms with E-state index in [0.717, 1.165) is 50.8 Å². The molecule has 0 atom stereocenters. The lowest BCUT2D eigenvalue weighted by Gasteiger charge is -2.18. The van der Waals surface area contributed by atoms with Gasteiger partial charge in [0.2, 0.25) is 0 Å². The van der Waals surface area contributed by atoms with Gasteiger partial charge in [-0.1, -0.05) is 18.2 Å². The number of carbonyl (C=O) groups is 1. The molecule has 36 heavy (non-hydrogen) atoms. The number of aromatic carboxylic acids is 1. The minimum atomic E-state index is -4.69. The topological polar surface area (TPSA) is 164 Å². The van der Waals surface area contributed by atoms with Gasteiger partial charge in [-0.3, -0.25) is 4.99 Å². The summed E-state index contributed by atoms with van der Waals surface area (Å²) in [6, 6.07) is 15.3. The number of fused-ring (bicyclic) bond motifs is 2. The summed E-state index contributed by atoms with van der Waals surface area (Å²) < 4.78 is 39.1. The van der Waals surface area contributed by atoms with Crippen LogP contribution in [0.25, 0.3) is 33.4 Å². The third-order valence-corrected chi connectivity index (χ3v) is 5.56. The molecule has 2 aromatic carbocycles. The van der Waals surface area contributed by atoms with E-state index < -0.39 is 16.2 Å². The van der Waals surface area contributed by atoms with Gasteiger partial charge in [0, 0.05) is 41.9 Å². The van der Waals surface area contributed by atoms with Crippen molar-refractivity contribution in [3.63, 3.8) is 0 Å². The number of hydrogen-bond acceptors (Lipinski definition) is 8. The summed E-state index contributed by atoms with van der Waals surface area (Å²) in [5.74, 6) is -0.267. The van der Waals surface area contributed by atoms with Gasteiger partial charge in [0.25, 0.3) is 0 Å². The Balaban J connectivity index is 0.000000658. The number of halogens is 1. The molecule has 0 amide bonds. The van der Waals surface area contributed by atoms with E-state index in [4.69, 9.17) is 23.1 Å². The molecular formula is C26H27ClN2O7. The van der Waals surface area contributed by atoms with Gasteiger partial charge in [-0.2, -0.15) is 14.0 Å². The average Bonchev–Trinajstić information content (AvgIpc) is 2.79. The molecular weight excluding hydrogens is 488 g/mol. The van der Waals surface area contributed by atoms with Crippen LogP contribution < -0.4 is 24.7 Å². The lowest BCUT2D eigenvalue weighted by atomic mass is 9.88. The fourth-order valence-electron chi connectivity index (χ4n) is 4.13. The number of benzene rings is 3. The average molecular weight is 515 g/mol. The predicted octanol–water partition coefficient (Wildman–Crippen LogP) is 1.75. The summed E-state index contributed by atoms with van der Waals surface area (Å²) >= 11 is 0. The van der Waals surface area contributed by atoms with Gasteiger partial charge in [-0.05, 0) is 68.1 Å². The summed E-state index contributed by atoms with van der Waals surface area (Å²) in [4.78, 5) is 16.6. The van der Waals surface area contributed by atoms with E-state index >= 15 is 0 Å². The smallest absolute Gasteiger partial charge is 0.336 e. The van der Waals surface area contributed by atoms with Crippen molar-refractivity contribution in [1.82, 2.24) is 0 Å². The van der Waals surface area contributed by atoms with Crippen LogP contribution in [0.3, 0.4) is 0 Å². The van der Waals surface area contributed by atoms with E-state index in [1.165, 1.54) is 0 Å². The molecule has 9 nitrogen and oxygen atoms in total. The van der Waals surface area contributed by atoms with Crippen LogP contribution in [0.5, 0.6) is 0 Å². The van der Waals surface area contributed by atoms with E-state index in [1.807, 2.05) is 38.1 Å². The maximum absolute atomic E-state index is 12.0. The monoisotopic (exact) mass is 514 g/mol. The zero-order valence-electron chi connectivity index (χ0n) is 20.3. The molecule has 0 fully saturated rings. The number of anilines is 1. The molecule has 0 radical (unpaired) electrons. The summed E-state index contributed by atoms with van der Waals surface area (Å²) in [6.45, 7) is 9.56. The molecule has 2 aliphatic rings. The molecule has 1 aliphatic carbocycles. The fourth-order valence-corrected chi connectivity index (χ4v) is 4.13. The van der Waals surface area contributed by atoms with Crippen LogP contribution in [0.1, 0.15) is 35.3 Å². The minimum absolute atomic E-state index is 0.263. The number of nitrogens with one attached hydrogen (secondary N) is 1. The Morgan fingerprint density at radius 2 is 1.72 bits per heavy atom. The summed E-state index contributed by atoms with van der Waals surface area (Å²) in [5, 5.41) is 15.0. The van der Waals surface area contributed by atoms with E-state index in [2.05, 4.69) is 36.3 Å². The third-order valence-electron chi connectivity index (χ3n) is 5.56. The lowest BCUT2D eigenvalue weighted by molar-refractivity contribution is -1.92. The molecule has 1 aliphatic heterocycles. The molecule has 1 heterocycles. The summed E-state index contributed by atoms with van der Waals surface area (Å²) in [6.07, 6.45) is 0. The van der Waals surface area contributed by atoms with E-state index in [0.29, 0.717) is 17.9 Å². The minimum Gasteiger partial charge on any atom is -0.478 e. The predicted molar refractivity (Wildman–Crippen MR) is 127 cm³/mol. The second-order valence-corrected chi connectivity index (χ2v) is 8.80. The Labute approximate surface area is 210 Å². The van der Waals surface area contributed by atoms with Crippen LogP contribution in [-0.2, 0) is 0 Å². The molecule has 190 valence electrons. The van der Waals surface area contributed by atoms with Gasteiger partial charge in [0.15, 0.2) is 0 Å². The Morgan fingerprint density at radius 1 is 1.06 bits per heavy atom. The van der Waals surface area contributed by atoms with Crippen LogP contribution in [0.4, 0.5) is 5.69 Å². The number of carboxylic acids is 1. The molecule has 0 bridgehead atoms. The highest BCUT2D eigenvalue weighted by atomic mass is 35.7. The van der Waals surface area contributed by atoms with Crippen LogP contribution in [0.2, 0.25) is 0 Å². The first-order chi connectivity index (χ1) is 16.9. The van der Waals surface area contributed by atoms with Crippen LogP contribution in [0, 0.1) is 24.1 Å². The molecule has 0 spiro atoms. The first-order valence-corrected chi connectivity index (χ1v) is 12.4. The number of aryl methyl sites for hydroxylation is 1. The van der Waals surface area contributed by atoms with Gasteiger partial charge >= 0.3 is 5.97 Å². The number of rotatable bonds is 5. The molecule has 0 saturated heterocycles. The first kappa shape index (κ1) is 27.1. The highest BCUT2D eigenvalue weighted by Crippen LogP contribution is 2.39. The normalized spacial score (nSPS) is 11.9. The van der Waals surface area contributed by atoms with E-state index in [-0.39, 0.29) is 5.56 Å². The van der Waals surface area contributed by atoms with Gasteiger partial charge in [-0.15, -0.1) is 0 Å². The Kier molecular flexibility index (Phi) is 8.34. The summed E-state index contributed by atoms with van der Waals surface area (Å²) in [7, 11) is -4.69. The standard InChI is InChI=1S/C26H26N2O3.ClHO4/c1-5-27-21-13-23-17(11-15(21)3)12-20-24(31-23)14-22(28-6-2)16(4)25(20)18-9-7-8-10-19(18)26(29)30;2-1(3,4)5/h7-14,27H,5-6H2,1-4H3,(H,29,30);(H,2,3,4,5). The van der Waals surface area contributed by atoms with Crippen molar-refractivity contribution in [2.24, 2.45) is 4.99 Å². The van der Waals surface area contributed by atoms with Crippen LogP contribution in [0.15, 0.2) is 57.9 Å². The second kappa shape index (κ2) is 11.1. The number of carboxylic acid groups (broad SMARTS) is 1. The lowest BCUT2D eigenvalue weighted by Crippen LogP contribution is -2.58. The van der Waals surface area contributed by atoms with E-state index in [9.17, 15) is 9.90 Å². The molecule has 0 saturated carbocycles. The first-order valence-electron chi connectivity index (χ1n) is 11.2. The zero-order chi connectivity index (χ0) is 26.6. The molecule has 0 aromatic heterocycles. The molecule has 10 heteroatoms. The van der Waals surface area contributed by atoms with Crippen molar-refractivity contribution in [3.05, 3.63) is 70.6 Å². The number of nitrogens with zero attached hydrogens (tertiary/aromatic N) is 1. The van der Waals surface area contributed by atoms with Crippen LogP contribution in [-0.4, -0.2) is 28.8 Å². The molecule has 3 N–H and O–H groups in total. The highest BCUT2D eigenvalue weighted by Gasteiger charge is 2.21.